The number of carbonyl (C=O) groups is 2. The van der Waals surface area contributed by atoms with Gasteiger partial charge in [-0.15, -0.1) is 5.10 Å². The maximum Gasteiger partial charge on any atom is 0.233 e. The summed E-state index contributed by atoms with van der Waals surface area (Å²) in [4.78, 5) is 25.2. The molecule has 2 rings (SSSR count). The first-order chi connectivity index (χ1) is 12.3. The molecule has 0 spiro atoms. The van der Waals surface area contributed by atoms with Gasteiger partial charge in [0.2, 0.25) is 11.8 Å². The smallest absolute Gasteiger partial charge is 0.233 e. The summed E-state index contributed by atoms with van der Waals surface area (Å²) >= 11 is 0. The average Bonchev–Trinajstić information content (AvgIpc) is 3.11. The minimum absolute atomic E-state index is 0.00736. The molecule has 0 N–H and O–H groups in total. The second kappa shape index (κ2) is 9.47. The summed E-state index contributed by atoms with van der Waals surface area (Å²) in [5.74, 6) is 0.684. The molecule has 6 heteroatoms. The third-order valence-corrected chi connectivity index (χ3v) is 4.82. The van der Waals surface area contributed by atoms with E-state index >= 15 is 0 Å². The molecule has 0 aliphatic carbocycles. The predicted octanol–water partition coefficient (Wildman–Crippen LogP) is 4.44. The highest BCUT2D eigenvalue weighted by Gasteiger charge is 2.39. The van der Waals surface area contributed by atoms with Crippen LogP contribution in [0.15, 0.2) is 6.20 Å². The van der Waals surface area contributed by atoms with E-state index in [9.17, 15) is 9.59 Å². The maximum atomic E-state index is 12.0. The van der Waals surface area contributed by atoms with Crippen LogP contribution in [0.1, 0.15) is 92.8 Å². The SMILES string of the molecule is CC(C)C1CC(=O)N(CCC(C)(C)C)C1=O.CC(C)c1cn(C(C)C)nn1. The number of rotatable bonds is 5. The zero-order valence-electron chi connectivity index (χ0n) is 18.6. The Hall–Kier alpha value is -1.72. The lowest BCUT2D eigenvalue weighted by Gasteiger charge is -2.22. The fourth-order valence-electron chi connectivity index (χ4n) is 2.72. The van der Waals surface area contributed by atoms with Crippen molar-refractivity contribution in [2.24, 2.45) is 17.3 Å². The van der Waals surface area contributed by atoms with Gasteiger partial charge in [-0.25, -0.2) is 4.68 Å². The van der Waals surface area contributed by atoms with Crippen molar-refractivity contribution < 1.29 is 9.59 Å². The van der Waals surface area contributed by atoms with Gasteiger partial charge in [-0.2, -0.15) is 0 Å². The Balaban J connectivity index is 0.000000289. The van der Waals surface area contributed by atoms with E-state index in [0.29, 0.717) is 24.9 Å². The van der Waals surface area contributed by atoms with Crippen molar-refractivity contribution >= 4 is 11.8 Å². The number of amides is 2. The monoisotopic (exact) mass is 378 g/mol. The molecule has 1 unspecified atom stereocenters. The molecule has 2 heterocycles. The van der Waals surface area contributed by atoms with Gasteiger partial charge in [0.15, 0.2) is 0 Å². The summed E-state index contributed by atoms with van der Waals surface area (Å²) in [7, 11) is 0. The van der Waals surface area contributed by atoms with Crippen molar-refractivity contribution in [1.82, 2.24) is 19.9 Å². The molecule has 0 bridgehead atoms. The molecule has 1 aromatic heterocycles. The van der Waals surface area contributed by atoms with Crippen LogP contribution in [0.2, 0.25) is 0 Å². The van der Waals surface area contributed by atoms with Crippen molar-refractivity contribution in [1.29, 1.82) is 0 Å². The van der Waals surface area contributed by atoms with Gasteiger partial charge in [0.25, 0.3) is 0 Å². The first kappa shape index (κ1) is 23.3. The van der Waals surface area contributed by atoms with E-state index < -0.39 is 0 Å². The molecule has 0 radical (unpaired) electrons. The Morgan fingerprint density at radius 3 is 2.04 bits per heavy atom. The standard InChI is InChI=1S/C13H23NO2.C8H15N3/c1-9(2)10-8-11(15)14(12(10)16)7-6-13(3,4)5;1-6(2)8-5-11(7(3)4)10-9-8/h9-10H,6-8H2,1-5H3;5-7H,1-4H3. The van der Waals surface area contributed by atoms with Gasteiger partial charge in [0.05, 0.1) is 5.69 Å². The quantitative estimate of drug-likeness (QED) is 0.711. The summed E-state index contributed by atoms with van der Waals surface area (Å²) in [5, 5.41) is 8.05. The molecule has 27 heavy (non-hydrogen) atoms. The van der Waals surface area contributed by atoms with E-state index in [2.05, 4.69) is 58.8 Å². The van der Waals surface area contributed by atoms with Crippen molar-refractivity contribution in [2.75, 3.05) is 6.54 Å². The summed E-state index contributed by atoms with van der Waals surface area (Å²) in [6, 6.07) is 0.412. The van der Waals surface area contributed by atoms with E-state index in [1.165, 1.54) is 4.90 Å². The number of imide groups is 1. The Bertz CT molecular complexity index is 604. The first-order valence-electron chi connectivity index (χ1n) is 10.1. The zero-order valence-corrected chi connectivity index (χ0v) is 18.6. The molecule has 0 aromatic carbocycles. The van der Waals surface area contributed by atoms with Crippen molar-refractivity contribution in [2.45, 2.75) is 87.1 Å². The Morgan fingerprint density at radius 1 is 1.11 bits per heavy atom. The maximum absolute atomic E-state index is 12.0. The number of hydrogen-bond donors (Lipinski definition) is 0. The highest BCUT2D eigenvalue weighted by atomic mass is 16.2. The molecule has 0 saturated carbocycles. The van der Waals surface area contributed by atoms with Crippen molar-refractivity contribution in [3.63, 3.8) is 0 Å². The van der Waals surface area contributed by atoms with Crippen LogP contribution in [0.25, 0.3) is 0 Å². The fourth-order valence-corrected chi connectivity index (χ4v) is 2.72. The minimum Gasteiger partial charge on any atom is -0.282 e. The van der Waals surface area contributed by atoms with E-state index in [0.717, 1.165) is 12.1 Å². The molecule has 1 aromatic rings. The lowest BCUT2D eigenvalue weighted by molar-refractivity contribution is -0.140. The van der Waals surface area contributed by atoms with Gasteiger partial charge in [-0.1, -0.05) is 53.7 Å². The van der Waals surface area contributed by atoms with Gasteiger partial charge < -0.3 is 0 Å². The third kappa shape index (κ3) is 7.07. The average molecular weight is 379 g/mol. The topological polar surface area (TPSA) is 68.1 Å². The third-order valence-electron chi connectivity index (χ3n) is 4.82. The predicted molar refractivity (Wildman–Crippen MR) is 108 cm³/mol. The van der Waals surface area contributed by atoms with E-state index in [-0.39, 0.29) is 29.1 Å². The van der Waals surface area contributed by atoms with Crippen LogP contribution < -0.4 is 0 Å². The molecule has 154 valence electrons. The molecule has 1 aliphatic heterocycles. The number of carbonyl (C=O) groups excluding carboxylic acids is 2. The van der Waals surface area contributed by atoms with Crippen molar-refractivity contribution in [3.05, 3.63) is 11.9 Å². The number of nitrogens with zero attached hydrogens (tertiary/aromatic N) is 4. The van der Waals surface area contributed by atoms with Crippen LogP contribution >= 0.6 is 0 Å². The van der Waals surface area contributed by atoms with Gasteiger partial charge >= 0.3 is 0 Å². The summed E-state index contributed by atoms with van der Waals surface area (Å²) < 4.78 is 1.88. The largest absolute Gasteiger partial charge is 0.282 e. The van der Waals surface area contributed by atoms with Crippen LogP contribution in [0.5, 0.6) is 0 Å². The van der Waals surface area contributed by atoms with E-state index in [4.69, 9.17) is 0 Å². The van der Waals surface area contributed by atoms with Crippen LogP contribution in [0.4, 0.5) is 0 Å². The van der Waals surface area contributed by atoms with Gasteiger partial charge in [-0.05, 0) is 37.5 Å². The molecule has 2 amide bonds. The summed E-state index contributed by atoms with van der Waals surface area (Å²) in [6.45, 7) is 19.4. The first-order valence-corrected chi connectivity index (χ1v) is 10.1. The van der Waals surface area contributed by atoms with Crippen molar-refractivity contribution in [3.8, 4) is 0 Å². The van der Waals surface area contributed by atoms with Gasteiger partial charge in [0.1, 0.15) is 0 Å². The minimum atomic E-state index is -0.0903. The number of aromatic nitrogens is 3. The molecule has 1 atom stereocenters. The van der Waals surface area contributed by atoms with Crippen LogP contribution in [0.3, 0.4) is 0 Å². The van der Waals surface area contributed by atoms with Gasteiger partial charge in [0, 0.05) is 31.1 Å². The van der Waals surface area contributed by atoms with E-state index in [1.54, 1.807) is 0 Å². The lowest BCUT2D eigenvalue weighted by Crippen LogP contribution is -2.34. The zero-order chi connectivity index (χ0) is 20.9. The molecule has 1 saturated heterocycles. The molecule has 6 nitrogen and oxygen atoms in total. The Morgan fingerprint density at radius 2 is 1.70 bits per heavy atom. The van der Waals surface area contributed by atoms with Crippen LogP contribution in [-0.2, 0) is 9.59 Å². The fraction of sp³-hybridized carbons (Fsp3) is 0.810. The second-order valence-corrected chi connectivity index (χ2v) is 9.62. The van der Waals surface area contributed by atoms with E-state index in [1.807, 2.05) is 24.7 Å². The molecular weight excluding hydrogens is 340 g/mol. The normalized spacial score (nSPS) is 17.9. The summed E-state index contributed by atoms with van der Waals surface area (Å²) in [5.41, 5.74) is 1.23. The van der Waals surface area contributed by atoms with Gasteiger partial charge in [-0.3, -0.25) is 14.5 Å². The molecular formula is C21H38N4O2. The highest BCUT2D eigenvalue weighted by Crippen LogP contribution is 2.28. The number of hydrogen-bond acceptors (Lipinski definition) is 4. The van der Waals surface area contributed by atoms with Crippen LogP contribution in [0, 0.1) is 17.3 Å². The lowest BCUT2D eigenvalue weighted by atomic mass is 9.92. The highest BCUT2D eigenvalue weighted by molar-refractivity contribution is 6.03. The summed E-state index contributed by atoms with van der Waals surface area (Å²) in [6.07, 6.45) is 3.28. The Labute approximate surface area is 164 Å². The number of likely N-dealkylation sites (tertiary alicyclic amines) is 1. The Kier molecular flexibility index (Phi) is 8.18. The molecule has 1 aliphatic rings. The molecule has 1 fully saturated rings. The van der Waals surface area contributed by atoms with Crippen LogP contribution in [-0.4, -0.2) is 38.3 Å². The second-order valence-electron chi connectivity index (χ2n) is 9.62.